The van der Waals surface area contributed by atoms with E-state index in [4.69, 9.17) is 4.42 Å². The Bertz CT molecular complexity index is 3170. The fraction of sp³-hybridized carbons (Fsp3) is 0. The highest BCUT2D eigenvalue weighted by atomic mass is 16.3. The van der Waals surface area contributed by atoms with E-state index in [1.165, 1.54) is 87.0 Å². The van der Waals surface area contributed by atoms with E-state index in [1.807, 2.05) is 6.07 Å². The molecule has 0 aliphatic carbocycles. The monoisotopic (exact) mass is 544 g/mol. The third kappa shape index (κ3) is 2.25. The number of hydrogen-bond donors (Lipinski definition) is 0. The first kappa shape index (κ1) is 21.0. The third-order valence-corrected chi connectivity index (χ3v) is 10.1. The van der Waals surface area contributed by atoms with Gasteiger partial charge < -0.3 is 13.2 Å². The van der Waals surface area contributed by atoms with Crippen LogP contribution in [0.5, 0.6) is 0 Å². The highest BCUT2D eigenvalue weighted by Gasteiger charge is 2.24. The first-order valence-electron chi connectivity index (χ1n) is 14.9. The molecule has 43 heavy (non-hydrogen) atoms. The van der Waals surface area contributed by atoms with Crippen molar-refractivity contribution in [2.24, 2.45) is 0 Å². The van der Waals surface area contributed by atoms with E-state index in [9.17, 15) is 0 Å². The van der Waals surface area contributed by atoms with E-state index in [0.717, 1.165) is 21.9 Å². The predicted molar refractivity (Wildman–Crippen MR) is 181 cm³/mol. The summed E-state index contributed by atoms with van der Waals surface area (Å²) in [6.45, 7) is 0. The van der Waals surface area contributed by atoms with Crippen LogP contribution >= 0.6 is 0 Å². The van der Waals surface area contributed by atoms with Crippen molar-refractivity contribution in [2.75, 3.05) is 0 Å². The van der Waals surface area contributed by atoms with E-state index in [0.29, 0.717) is 0 Å². The van der Waals surface area contributed by atoms with Gasteiger partial charge in [0.2, 0.25) is 0 Å². The Morgan fingerprint density at radius 3 is 1.93 bits per heavy atom. The van der Waals surface area contributed by atoms with Gasteiger partial charge in [0.15, 0.2) is 0 Å². The van der Waals surface area contributed by atoms with Gasteiger partial charge in [0, 0.05) is 53.9 Å². The Hall–Kier alpha value is -5.80. The number of fused-ring (bicyclic) bond motifs is 17. The summed E-state index contributed by atoms with van der Waals surface area (Å²) in [5, 5.41) is 15.3. The van der Waals surface area contributed by atoms with Crippen molar-refractivity contribution in [1.29, 1.82) is 0 Å². The van der Waals surface area contributed by atoms with Crippen LogP contribution in [0.25, 0.3) is 109 Å². The van der Waals surface area contributed by atoms with Gasteiger partial charge >= 0.3 is 0 Å². The average Bonchev–Trinajstić information content (AvgIpc) is 3.83. The van der Waals surface area contributed by atoms with Crippen molar-refractivity contribution >= 4 is 109 Å². The van der Waals surface area contributed by atoms with Crippen LogP contribution in [0.4, 0.5) is 0 Å². The summed E-state index contributed by atoms with van der Waals surface area (Å²) in [5.74, 6) is 0. The summed E-state index contributed by atoms with van der Waals surface area (Å²) in [6, 6.07) is 44.7. The fourth-order valence-corrected chi connectivity index (χ4v) is 8.43. The minimum atomic E-state index is 0.931. The van der Waals surface area contributed by atoms with Crippen molar-refractivity contribution < 1.29 is 4.42 Å². The molecule has 12 aromatic rings. The summed E-state index contributed by atoms with van der Waals surface area (Å²) in [6.07, 6.45) is 0. The number of para-hydroxylation sites is 3. The average molecular weight is 545 g/mol. The molecule has 0 bridgehead atoms. The highest BCUT2D eigenvalue weighted by Crippen LogP contribution is 2.47. The van der Waals surface area contributed by atoms with Crippen LogP contribution in [-0.2, 0) is 0 Å². The third-order valence-electron chi connectivity index (χ3n) is 10.1. The minimum absolute atomic E-state index is 0.931. The van der Waals surface area contributed by atoms with E-state index in [-0.39, 0.29) is 0 Å². The van der Waals surface area contributed by atoms with Gasteiger partial charge in [-0.1, -0.05) is 78.9 Å². The zero-order valence-electron chi connectivity index (χ0n) is 22.8. The van der Waals surface area contributed by atoms with Crippen LogP contribution in [0.1, 0.15) is 0 Å². The van der Waals surface area contributed by atoms with Gasteiger partial charge in [-0.25, -0.2) is 0 Å². The topological polar surface area (TPSA) is 22.0 Å². The molecule has 0 atom stereocenters. The molecule has 196 valence electrons. The zero-order valence-corrected chi connectivity index (χ0v) is 22.8. The molecule has 3 nitrogen and oxygen atoms in total. The van der Waals surface area contributed by atoms with Crippen LogP contribution < -0.4 is 0 Å². The summed E-state index contributed by atoms with van der Waals surface area (Å²) in [5.41, 5.74) is 9.47. The molecule has 5 heterocycles. The molecule has 0 aliphatic heterocycles. The Kier molecular flexibility index (Phi) is 3.32. The molecule has 5 aromatic heterocycles. The molecule has 0 aliphatic rings. The molecule has 0 amide bonds. The number of hydrogen-bond acceptors (Lipinski definition) is 1. The van der Waals surface area contributed by atoms with Crippen molar-refractivity contribution in [3.63, 3.8) is 0 Å². The molecule has 0 unspecified atom stereocenters. The van der Waals surface area contributed by atoms with E-state index < -0.39 is 0 Å². The lowest BCUT2D eigenvalue weighted by Crippen LogP contribution is -1.84. The molecule has 0 radical (unpaired) electrons. The first-order chi connectivity index (χ1) is 21.3. The SMILES string of the molecule is c1ccc2c(c1)cc1c3cc4c5cccc6c7ccccc7n(c4cc3n3c4cc7c(cc4c2c13)oc1ccccc17)c65. The standard InChI is InChI=1S/C40H20N2O/c1-2-9-22-21(8-1)16-30-28-17-27-26-13-7-12-25-23-10-3-5-14-32(23)41(39(25)26)34(27)20-35(28)42-33-18-29-24-11-4-6-15-36(24)43-37(29)19-31(33)38(22)40(30)42/h1-20H. The van der Waals surface area contributed by atoms with Gasteiger partial charge in [-0.05, 0) is 53.2 Å². The highest BCUT2D eigenvalue weighted by molar-refractivity contribution is 6.34. The molecule has 0 N–H and O–H groups in total. The number of aromatic nitrogens is 2. The van der Waals surface area contributed by atoms with Crippen molar-refractivity contribution in [3.05, 3.63) is 121 Å². The lowest BCUT2D eigenvalue weighted by atomic mass is 9.99. The lowest BCUT2D eigenvalue weighted by Gasteiger charge is -2.03. The van der Waals surface area contributed by atoms with Gasteiger partial charge in [0.05, 0.1) is 33.1 Å². The van der Waals surface area contributed by atoms with Crippen LogP contribution in [0.3, 0.4) is 0 Å². The molecular formula is C40H20N2O. The second kappa shape index (κ2) is 6.80. The van der Waals surface area contributed by atoms with Crippen LogP contribution in [0.2, 0.25) is 0 Å². The molecule has 7 aromatic carbocycles. The Morgan fingerprint density at radius 2 is 1.02 bits per heavy atom. The number of furan rings is 1. The summed E-state index contributed by atoms with van der Waals surface area (Å²) in [7, 11) is 0. The fourth-order valence-electron chi connectivity index (χ4n) is 8.43. The van der Waals surface area contributed by atoms with Crippen molar-refractivity contribution in [1.82, 2.24) is 8.80 Å². The lowest BCUT2D eigenvalue weighted by molar-refractivity contribution is 0.669. The Labute approximate surface area is 243 Å². The number of nitrogens with zero attached hydrogens (tertiary/aromatic N) is 2. The maximum Gasteiger partial charge on any atom is 0.136 e. The zero-order chi connectivity index (χ0) is 27.6. The van der Waals surface area contributed by atoms with Gasteiger partial charge in [-0.15, -0.1) is 0 Å². The summed E-state index contributed by atoms with van der Waals surface area (Å²) < 4.78 is 11.4. The maximum atomic E-state index is 6.40. The maximum absolute atomic E-state index is 6.40. The van der Waals surface area contributed by atoms with Crippen molar-refractivity contribution in [3.8, 4) is 0 Å². The molecular weight excluding hydrogens is 524 g/mol. The summed E-state index contributed by atoms with van der Waals surface area (Å²) in [4.78, 5) is 0. The molecule has 0 saturated heterocycles. The molecule has 3 heteroatoms. The molecule has 12 rings (SSSR count). The Morgan fingerprint density at radius 1 is 0.349 bits per heavy atom. The van der Waals surface area contributed by atoms with E-state index in [2.05, 4.69) is 124 Å². The van der Waals surface area contributed by atoms with Crippen LogP contribution in [0, 0.1) is 0 Å². The molecule has 0 saturated carbocycles. The van der Waals surface area contributed by atoms with Gasteiger partial charge in [0.25, 0.3) is 0 Å². The quantitative estimate of drug-likeness (QED) is 0.186. The number of rotatable bonds is 0. The van der Waals surface area contributed by atoms with Gasteiger partial charge in [0.1, 0.15) is 11.2 Å². The molecule has 0 spiro atoms. The largest absolute Gasteiger partial charge is 0.456 e. The van der Waals surface area contributed by atoms with Gasteiger partial charge in [-0.2, -0.15) is 0 Å². The first-order valence-corrected chi connectivity index (χ1v) is 14.9. The Balaban J connectivity index is 1.39. The molecule has 0 fully saturated rings. The summed E-state index contributed by atoms with van der Waals surface area (Å²) >= 11 is 0. The van der Waals surface area contributed by atoms with Crippen LogP contribution in [0.15, 0.2) is 126 Å². The van der Waals surface area contributed by atoms with E-state index >= 15 is 0 Å². The van der Waals surface area contributed by atoms with Crippen molar-refractivity contribution in [2.45, 2.75) is 0 Å². The normalized spacial score (nSPS) is 13.1. The number of benzene rings is 7. The van der Waals surface area contributed by atoms with Gasteiger partial charge in [-0.3, -0.25) is 0 Å². The van der Waals surface area contributed by atoms with Crippen LogP contribution in [-0.4, -0.2) is 8.80 Å². The van der Waals surface area contributed by atoms with E-state index in [1.54, 1.807) is 0 Å². The second-order valence-corrected chi connectivity index (χ2v) is 12.1. The second-order valence-electron chi connectivity index (χ2n) is 12.1. The smallest absolute Gasteiger partial charge is 0.136 e. The predicted octanol–water partition coefficient (Wildman–Crippen LogP) is 11.0. The minimum Gasteiger partial charge on any atom is -0.456 e.